The fourth-order valence-corrected chi connectivity index (χ4v) is 2.95. The molecular formula is C18H20N2O2S. The van der Waals surface area contributed by atoms with Gasteiger partial charge < -0.3 is 10.6 Å². The maximum absolute atomic E-state index is 12.1. The van der Waals surface area contributed by atoms with E-state index in [1.807, 2.05) is 6.07 Å². The highest BCUT2D eigenvalue weighted by molar-refractivity contribution is 7.99. The van der Waals surface area contributed by atoms with E-state index in [0.717, 1.165) is 5.75 Å². The summed E-state index contributed by atoms with van der Waals surface area (Å²) in [4.78, 5) is 23.8. The van der Waals surface area contributed by atoms with Crippen molar-refractivity contribution >= 4 is 29.3 Å². The Morgan fingerprint density at radius 3 is 2.61 bits per heavy atom. The van der Waals surface area contributed by atoms with E-state index in [9.17, 15) is 9.59 Å². The molecule has 0 saturated heterocycles. The van der Waals surface area contributed by atoms with Crippen molar-refractivity contribution in [2.75, 3.05) is 18.1 Å². The number of rotatable bonds is 6. The Balaban J connectivity index is 1.89. The fraction of sp³-hybridized carbons (Fsp3) is 0.222. The first-order chi connectivity index (χ1) is 11.1. The Kier molecular flexibility index (Phi) is 6.23. The van der Waals surface area contributed by atoms with Crippen LogP contribution >= 0.6 is 11.8 Å². The minimum absolute atomic E-state index is 0.112. The summed E-state index contributed by atoms with van der Waals surface area (Å²) >= 11 is 1.55. The molecule has 0 aliphatic carbocycles. The predicted octanol–water partition coefficient (Wildman–Crippen LogP) is 3.23. The zero-order valence-corrected chi connectivity index (χ0v) is 14.1. The van der Waals surface area contributed by atoms with Gasteiger partial charge in [0.05, 0.1) is 17.0 Å². The molecule has 0 unspecified atom stereocenters. The Hall–Kier alpha value is -2.27. The van der Waals surface area contributed by atoms with Crippen LogP contribution in [0.25, 0.3) is 0 Å². The molecule has 2 aromatic carbocycles. The van der Waals surface area contributed by atoms with Crippen LogP contribution in [0.2, 0.25) is 0 Å². The number of aryl methyl sites for hydroxylation is 1. The second-order valence-corrected chi connectivity index (χ2v) is 6.14. The highest BCUT2D eigenvalue weighted by atomic mass is 32.2. The number of nitrogens with one attached hydrogen (secondary N) is 2. The largest absolute Gasteiger partial charge is 0.355 e. The lowest BCUT2D eigenvalue weighted by molar-refractivity contribution is -0.113. The third kappa shape index (κ3) is 5.14. The molecule has 2 aromatic rings. The van der Waals surface area contributed by atoms with E-state index in [1.54, 1.807) is 43.1 Å². The first-order valence-corrected chi connectivity index (χ1v) is 8.50. The van der Waals surface area contributed by atoms with E-state index in [2.05, 4.69) is 35.8 Å². The van der Waals surface area contributed by atoms with Crippen molar-refractivity contribution < 1.29 is 9.59 Å². The second-order valence-electron chi connectivity index (χ2n) is 5.15. The average Bonchev–Trinajstić information content (AvgIpc) is 2.55. The summed E-state index contributed by atoms with van der Waals surface area (Å²) in [5, 5.41) is 5.37. The molecule has 120 valence electrons. The van der Waals surface area contributed by atoms with E-state index in [4.69, 9.17) is 0 Å². The number of hydrogen-bond donors (Lipinski definition) is 2. The Labute approximate surface area is 140 Å². The first-order valence-electron chi connectivity index (χ1n) is 7.34. The highest BCUT2D eigenvalue weighted by Crippen LogP contribution is 2.17. The predicted molar refractivity (Wildman–Crippen MR) is 95.8 cm³/mol. The molecule has 2 rings (SSSR count). The summed E-state index contributed by atoms with van der Waals surface area (Å²) in [6, 6.07) is 15.2. The molecule has 2 amide bonds. The first kappa shape index (κ1) is 17.1. The third-order valence-corrected chi connectivity index (χ3v) is 4.26. The average molecular weight is 328 g/mol. The normalized spacial score (nSPS) is 10.2. The van der Waals surface area contributed by atoms with Crippen molar-refractivity contribution in [3.05, 3.63) is 65.2 Å². The minimum atomic E-state index is -0.215. The standard InChI is InChI=1S/C18H20N2O2S/c1-13-6-5-7-14(10-13)11-23-12-17(21)20-16-9-4-3-8-15(16)18(22)19-2/h3-10H,11-12H2,1-2H3,(H,19,22)(H,20,21). The van der Waals surface area contributed by atoms with Gasteiger partial charge in [-0.05, 0) is 24.6 Å². The van der Waals surface area contributed by atoms with Gasteiger partial charge in [0.2, 0.25) is 5.91 Å². The molecule has 5 heteroatoms. The lowest BCUT2D eigenvalue weighted by Crippen LogP contribution is -2.22. The molecule has 0 radical (unpaired) electrons. The lowest BCUT2D eigenvalue weighted by Gasteiger charge is -2.10. The van der Waals surface area contributed by atoms with Gasteiger partial charge in [0.15, 0.2) is 0 Å². The van der Waals surface area contributed by atoms with Crippen LogP contribution < -0.4 is 10.6 Å². The van der Waals surface area contributed by atoms with Crippen molar-refractivity contribution in [1.82, 2.24) is 5.32 Å². The van der Waals surface area contributed by atoms with E-state index in [1.165, 1.54) is 11.1 Å². The van der Waals surface area contributed by atoms with E-state index in [0.29, 0.717) is 17.0 Å². The fourth-order valence-electron chi connectivity index (χ4n) is 2.17. The van der Waals surface area contributed by atoms with Crippen molar-refractivity contribution in [1.29, 1.82) is 0 Å². The van der Waals surface area contributed by atoms with Crippen LogP contribution in [0, 0.1) is 6.92 Å². The zero-order valence-electron chi connectivity index (χ0n) is 13.3. The Bertz CT molecular complexity index is 701. The van der Waals surface area contributed by atoms with Crippen molar-refractivity contribution in [3.63, 3.8) is 0 Å². The molecule has 0 saturated carbocycles. The lowest BCUT2D eigenvalue weighted by atomic mass is 10.1. The van der Waals surface area contributed by atoms with Gasteiger partial charge in [0, 0.05) is 12.8 Å². The third-order valence-electron chi connectivity index (χ3n) is 3.26. The molecule has 0 aromatic heterocycles. The summed E-state index contributed by atoms with van der Waals surface area (Å²) < 4.78 is 0. The van der Waals surface area contributed by atoms with Crippen molar-refractivity contribution in [2.45, 2.75) is 12.7 Å². The summed E-state index contributed by atoms with van der Waals surface area (Å²) in [7, 11) is 1.57. The van der Waals surface area contributed by atoms with Gasteiger partial charge >= 0.3 is 0 Å². The molecule has 0 aliphatic heterocycles. The number of carbonyl (C=O) groups is 2. The van der Waals surface area contributed by atoms with Crippen LogP contribution in [-0.2, 0) is 10.5 Å². The molecule has 0 spiro atoms. The van der Waals surface area contributed by atoms with Crippen LogP contribution in [0.3, 0.4) is 0 Å². The summed E-state index contributed by atoms with van der Waals surface area (Å²) in [5.74, 6) is 0.801. The summed E-state index contributed by atoms with van der Waals surface area (Å²) in [6.45, 7) is 2.05. The maximum Gasteiger partial charge on any atom is 0.253 e. The van der Waals surface area contributed by atoms with E-state index in [-0.39, 0.29) is 11.8 Å². The monoisotopic (exact) mass is 328 g/mol. The second kappa shape index (κ2) is 8.39. The molecule has 0 bridgehead atoms. The molecule has 0 aliphatic rings. The zero-order chi connectivity index (χ0) is 16.7. The molecule has 0 atom stereocenters. The van der Waals surface area contributed by atoms with Gasteiger partial charge in [-0.1, -0.05) is 42.0 Å². The number of thioether (sulfide) groups is 1. The number of carbonyl (C=O) groups excluding carboxylic acids is 2. The SMILES string of the molecule is CNC(=O)c1ccccc1NC(=O)CSCc1cccc(C)c1. The van der Waals surface area contributed by atoms with E-state index >= 15 is 0 Å². The van der Waals surface area contributed by atoms with Gasteiger partial charge in [-0.25, -0.2) is 0 Å². The van der Waals surface area contributed by atoms with Gasteiger partial charge in [0.1, 0.15) is 0 Å². The number of hydrogen-bond acceptors (Lipinski definition) is 3. The summed E-state index contributed by atoms with van der Waals surface area (Å²) in [5.41, 5.74) is 3.42. The van der Waals surface area contributed by atoms with Crippen LogP contribution in [0.4, 0.5) is 5.69 Å². The maximum atomic E-state index is 12.1. The molecular weight excluding hydrogens is 308 g/mol. The smallest absolute Gasteiger partial charge is 0.253 e. The van der Waals surface area contributed by atoms with Gasteiger partial charge in [-0.2, -0.15) is 0 Å². The number of para-hydroxylation sites is 1. The van der Waals surface area contributed by atoms with E-state index < -0.39 is 0 Å². The molecule has 0 heterocycles. The molecule has 23 heavy (non-hydrogen) atoms. The number of amides is 2. The van der Waals surface area contributed by atoms with Gasteiger partial charge in [0.25, 0.3) is 5.91 Å². The Morgan fingerprint density at radius 1 is 1.09 bits per heavy atom. The Morgan fingerprint density at radius 2 is 1.87 bits per heavy atom. The van der Waals surface area contributed by atoms with Gasteiger partial charge in [-0.15, -0.1) is 11.8 Å². The van der Waals surface area contributed by atoms with Crippen LogP contribution in [0.1, 0.15) is 21.5 Å². The van der Waals surface area contributed by atoms with Crippen LogP contribution in [-0.4, -0.2) is 24.6 Å². The topological polar surface area (TPSA) is 58.2 Å². The minimum Gasteiger partial charge on any atom is -0.355 e. The van der Waals surface area contributed by atoms with Crippen LogP contribution in [0.15, 0.2) is 48.5 Å². The number of benzene rings is 2. The quantitative estimate of drug-likeness (QED) is 0.856. The molecule has 2 N–H and O–H groups in total. The molecule has 4 nitrogen and oxygen atoms in total. The summed E-state index contributed by atoms with van der Waals surface area (Å²) in [6.07, 6.45) is 0. The highest BCUT2D eigenvalue weighted by Gasteiger charge is 2.11. The van der Waals surface area contributed by atoms with Gasteiger partial charge in [-0.3, -0.25) is 9.59 Å². The molecule has 0 fully saturated rings. The van der Waals surface area contributed by atoms with Crippen molar-refractivity contribution in [3.8, 4) is 0 Å². The van der Waals surface area contributed by atoms with Crippen LogP contribution in [0.5, 0.6) is 0 Å². The van der Waals surface area contributed by atoms with Crippen molar-refractivity contribution in [2.24, 2.45) is 0 Å². The number of anilines is 1.